The van der Waals surface area contributed by atoms with Crippen LogP contribution >= 0.6 is 0 Å². The van der Waals surface area contributed by atoms with Gasteiger partial charge >= 0.3 is 6.09 Å². The van der Waals surface area contributed by atoms with Gasteiger partial charge in [0.25, 0.3) is 0 Å². The summed E-state index contributed by atoms with van der Waals surface area (Å²) in [4.78, 5) is 16.2. The van der Waals surface area contributed by atoms with E-state index in [4.69, 9.17) is 9.15 Å². The zero-order chi connectivity index (χ0) is 17.7. The topological polar surface area (TPSA) is 58.0 Å². The third-order valence-electron chi connectivity index (χ3n) is 4.17. The Kier molecular flexibility index (Phi) is 6.29. The maximum Gasteiger partial charge on any atom is 0.410 e. The molecule has 6 nitrogen and oxygen atoms in total. The van der Waals surface area contributed by atoms with Gasteiger partial charge in [-0.2, -0.15) is 0 Å². The summed E-state index contributed by atoms with van der Waals surface area (Å²) >= 11 is 0. The number of hydrogen-bond donors (Lipinski definition) is 1. The van der Waals surface area contributed by atoms with E-state index in [1.165, 1.54) is 0 Å². The maximum atomic E-state index is 12.2. The molecule has 1 N–H and O–H groups in total. The average Bonchev–Trinajstić information content (AvgIpc) is 3.00. The van der Waals surface area contributed by atoms with Crippen LogP contribution in [0, 0.1) is 0 Å². The quantitative estimate of drug-likeness (QED) is 0.895. The number of rotatable bonds is 5. The van der Waals surface area contributed by atoms with Crippen LogP contribution in [0.4, 0.5) is 4.79 Å². The molecule has 1 aromatic heterocycles. The number of carbonyl (C=O) groups is 1. The lowest BCUT2D eigenvalue weighted by atomic mass is 10.1. The van der Waals surface area contributed by atoms with Crippen molar-refractivity contribution in [1.29, 1.82) is 0 Å². The van der Waals surface area contributed by atoms with Crippen LogP contribution in [0.3, 0.4) is 0 Å². The molecule has 1 fully saturated rings. The molecule has 1 aromatic rings. The normalized spacial score (nSPS) is 20.2. The summed E-state index contributed by atoms with van der Waals surface area (Å²) in [5, 5.41) is 3.59. The zero-order valence-corrected chi connectivity index (χ0v) is 15.5. The molecule has 136 valence electrons. The number of furan rings is 1. The first-order valence-electron chi connectivity index (χ1n) is 8.67. The van der Waals surface area contributed by atoms with Crippen molar-refractivity contribution in [1.82, 2.24) is 15.1 Å². The lowest BCUT2D eigenvalue weighted by Crippen LogP contribution is -2.50. The SMILES string of the molecule is CN(C)C(CNC1CCCN(C(=O)OC(C)(C)C)C1)c1ccco1. The minimum atomic E-state index is -0.452. The Morgan fingerprint density at radius 3 is 2.83 bits per heavy atom. The molecular weight excluding hydrogens is 306 g/mol. The summed E-state index contributed by atoms with van der Waals surface area (Å²) in [6.45, 7) is 7.93. The zero-order valence-electron chi connectivity index (χ0n) is 15.5. The number of nitrogens with zero attached hydrogens (tertiary/aromatic N) is 2. The molecule has 6 heteroatoms. The van der Waals surface area contributed by atoms with Crippen molar-refractivity contribution in [2.24, 2.45) is 0 Å². The minimum absolute atomic E-state index is 0.178. The van der Waals surface area contributed by atoms with E-state index in [-0.39, 0.29) is 18.2 Å². The second-order valence-electron chi connectivity index (χ2n) is 7.67. The molecule has 0 aromatic carbocycles. The van der Waals surface area contributed by atoms with Gasteiger partial charge < -0.3 is 19.4 Å². The van der Waals surface area contributed by atoms with Crippen LogP contribution in [0.15, 0.2) is 22.8 Å². The second kappa shape index (κ2) is 8.03. The molecule has 0 saturated carbocycles. The van der Waals surface area contributed by atoms with Crippen LogP contribution < -0.4 is 5.32 Å². The molecule has 1 amide bonds. The minimum Gasteiger partial charge on any atom is -0.468 e. The largest absolute Gasteiger partial charge is 0.468 e. The standard InChI is InChI=1S/C18H31N3O3/c1-18(2,3)24-17(22)21-10-6-8-14(13-21)19-12-15(20(4)5)16-9-7-11-23-16/h7,9,11,14-15,19H,6,8,10,12-13H2,1-5H3. The van der Waals surface area contributed by atoms with E-state index in [9.17, 15) is 4.79 Å². The first-order chi connectivity index (χ1) is 11.3. The molecule has 0 radical (unpaired) electrons. The highest BCUT2D eigenvalue weighted by atomic mass is 16.6. The fourth-order valence-electron chi connectivity index (χ4n) is 2.93. The van der Waals surface area contributed by atoms with Gasteiger partial charge in [0, 0.05) is 25.7 Å². The second-order valence-corrected chi connectivity index (χ2v) is 7.67. The van der Waals surface area contributed by atoms with Crippen molar-refractivity contribution in [3.63, 3.8) is 0 Å². The van der Waals surface area contributed by atoms with E-state index >= 15 is 0 Å². The van der Waals surface area contributed by atoms with Crippen LogP contribution in [0.25, 0.3) is 0 Å². The summed E-state index contributed by atoms with van der Waals surface area (Å²) in [6, 6.07) is 4.37. The summed E-state index contributed by atoms with van der Waals surface area (Å²) in [5.41, 5.74) is -0.452. The van der Waals surface area contributed by atoms with Gasteiger partial charge in [-0.15, -0.1) is 0 Å². The monoisotopic (exact) mass is 337 g/mol. The molecule has 0 bridgehead atoms. The molecule has 1 saturated heterocycles. The Morgan fingerprint density at radius 1 is 1.50 bits per heavy atom. The highest BCUT2D eigenvalue weighted by Crippen LogP contribution is 2.19. The molecule has 2 rings (SSSR count). The maximum absolute atomic E-state index is 12.2. The smallest absolute Gasteiger partial charge is 0.410 e. The highest BCUT2D eigenvalue weighted by Gasteiger charge is 2.28. The van der Waals surface area contributed by atoms with Gasteiger partial charge in [-0.3, -0.25) is 4.90 Å². The number of likely N-dealkylation sites (tertiary alicyclic amines) is 1. The molecule has 2 unspecified atom stereocenters. The van der Waals surface area contributed by atoms with Crippen LogP contribution in [0.1, 0.15) is 45.4 Å². The number of ether oxygens (including phenoxy) is 1. The highest BCUT2D eigenvalue weighted by molar-refractivity contribution is 5.68. The number of hydrogen-bond acceptors (Lipinski definition) is 5. The molecular formula is C18H31N3O3. The molecule has 0 aliphatic carbocycles. The Morgan fingerprint density at radius 2 is 2.25 bits per heavy atom. The Bertz CT molecular complexity index is 508. The van der Waals surface area contributed by atoms with Gasteiger partial charge in [0.1, 0.15) is 11.4 Å². The lowest BCUT2D eigenvalue weighted by molar-refractivity contribution is 0.0185. The van der Waals surface area contributed by atoms with Crippen molar-refractivity contribution < 1.29 is 13.9 Å². The Balaban J connectivity index is 1.87. The van der Waals surface area contributed by atoms with Crippen LogP contribution in [0.2, 0.25) is 0 Å². The van der Waals surface area contributed by atoms with E-state index < -0.39 is 5.60 Å². The van der Waals surface area contributed by atoms with Gasteiger partial charge in [-0.05, 0) is 59.8 Å². The third-order valence-corrected chi connectivity index (χ3v) is 4.17. The number of amides is 1. The number of piperidine rings is 1. The van der Waals surface area contributed by atoms with E-state index in [0.717, 1.165) is 31.7 Å². The number of carbonyl (C=O) groups excluding carboxylic acids is 1. The van der Waals surface area contributed by atoms with E-state index in [1.807, 2.05) is 51.9 Å². The molecule has 2 heterocycles. The summed E-state index contributed by atoms with van der Waals surface area (Å²) in [7, 11) is 4.09. The molecule has 0 spiro atoms. The third kappa shape index (κ3) is 5.53. The van der Waals surface area contributed by atoms with Gasteiger partial charge in [0.05, 0.1) is 12.3 Å². The van der Waals surface area contributed by atoms with Crippen molar-refractivity contribution in [3.05, 3.63) is 24.2 Å². The number of likely N-dealkylation sites (N-methyl/N-ethyl adjacent to an activating group) is 1. The van der Waals surface area contributed by atoms with E-state index in [1.54, 1.807) is 6.26 Å². The molecule has 1 aliphatic heterocycles. The Labute approximate surface area is 145 Å². The Hall–Kier alpha value is -1.53. The van der Waals surface area contributed by atoms with Crippen molar-refractivity contribution in [2.75, 3.05) is 33.7 Å². The van der Waals surface area contributed by atoms with E-state index in [0.29, 0.717) is 6.54 Å². The van der Waals surface area contributed by atoms with Crippen LogP contribution in [0.5, 0.6) is 0 Å². The van der Waals surface area contributed by atoms with Crippen molar-refractivity contribution in [2.45, 2.75) is 51.3 Å². The van der Waals surface area contributed by atoms with Crippen LogP contribution in [-0.2, 0) is 4.74 Å². The molecule has 1 aliphatic rings. The van der Waals surface area contributed by atoms with E-state index in [2.05, 4.69) is 10.2 Å². The molecule has 24 heavy (non-hydrogen) atoms. The summed E-state index contributed by atoms with van der Waals surface area (Å²) in [5.74, 6) is 0.951. The predicted octanol–water partition coefficient (Wildman–Crippen LogP) is 2.87. The van der Waals surface area contributed by atoms with Gasteiger partial charge in [0.15, 0.2) is 0 Å². The fourth-order valence-corrected chi connectivity index (χ4v) is 2.93. The van der Waals surface area contributed by atoms with Gasteiger partial charge in [-0.25, -0.2) is 4.79 Å². The predicted molar refractivity (Wildman–Crippen MR) is 94.0 cm³/mol. The van der Waals surface area contributed by atoms with Gasteiger partial charge in [0.2, 0.25) is 0 Å². The number of nitrogens with one attached hydrogen (secondary N) is 1. The van der Waals surface area contributed by atoms with Crippen LogP contribution in [-0.4, -0.2) is 61.3 Å². The fraction of sp³-hybridized carbons (Fsp3) is 0.722. The first-order valence-corrected chi connectivity index (χ1v) is 8.67. The van der Waals surface area contributed by atoms with Crippen molar-refractivity contribution in [3.8, 4) is 0 Å². The summed E-state index contributed by atoms with van der Waals surface area (Å²) < 4.78 is 11.0. The molecule has 2 atom stereocenters. The van der Waals surface area contributed by atoms with Gasteiger partial charge in [-0.1, -0.05) is 0 Å². The lowest BCUT2D eigenvalue weighted by Gasteiger charge is -2.35. The first kappa shape index (κ1) is 18.8. The summed E-state index contributed by atoms with van der Waals surface area (Å²) in [6.07, 6.45) is 3.54. The van der Waals surface area contributed by atoms with Crippen molar-refractivity contribution >= 4 is 6.09 Å². The average molecular weight is 337 g/mol.